The van der Waals surface area contributed by atoms with Crippen molar-refractivity contribution < 1.29 is 24.4 Å². The molecule has 24 heavy (non-hydrogen) atoms. The molecule has 5 nitrogen and oxygen atoms in total. The van der Waals surface area contributed by atoms with Crippen LogP contribution in [0.5, 0.6) is 0 Å². The first-order chi connectivity index (χ1) is 10.8. The standard InChI is InChI=1S/C13H12F5N3O2S/c14-24(15,16,17,18)11-4-1-9(2-5-11)8-20-10-3-6-12(19)13(7-10)21(22)23/h1-7,20H,8,19H2. The largest absolute Gasteiger partial charge is 0.393 e. The summed E-state index contributed by atoms with van der Waals surface area (Å²) in [4.78, 5) is 8.12. The van der Waals surface area contributed by atoms with E-state index in [1.807, 2.05) is 0 Å². The van der Waals surface area contributed by atoms with Gasteiger partial charge in [0.1, 0.15) is 10.6 Å². The second-order valence-electron chi connectivity index (χ2n) is 5.00. The Morgan fingerprint density at radius 3 is 2.12 bits per heavy atom. The summed E-state index contributed by atoms with van der Waals surface area (Å²) in [5, 5.41) is 13.5. The molecule has 0 saturated heterocycles. The lowest BCUT2D eigenvalue weighted by Gasteiger charge is -2.40. The van der Waals surface area contributed by atoms with E-state index in [1.54, 1.807) is 0 Å². The molecule has 0 aliphatic carbocycles. The van der Waals surface area contributed by atoms with E-state index >= 15 is 0 Å². The average Bonchev–Trinajstić information content (AvgIpc) is 2.44. The van der Waals surface area contributed by atoms with Gasteiger partial charge in [0, 0.05) is 18.3 Å². The first-order valence-corrected chi connectivity index (χ1v) is 8.32. The molecule has 11 heteroatoms. The second-order valence-corrected chi connectivity index (χ2v) is 7.41. The van der Waals surface area contributed by atoms with Gasteiger partial charge in [-0.05, 0) is 29.8 Å². The van der Waals surface area contributed by atoms with Gasteiger partial charge in [-0.15, -0.1) is 0 Å². The molecule has 2 aromatic carbocycles. The summed E-state index contributed by atoms with van der Waals surface area (Å²) in [5.41, 5.74) is 5.68. The maximum atomic E-state index is 12.6. The lowest BCUT2D eigenvalue weighted by Crippen LogP contribution is -2.06. The summed E-state index contributed by atoms with van der Waals surface area (Å²) in [6.45, 7) is -0.0122. The Bertz CT molecular complexity index is 794. The van der Waals surface area contributed by atoms with Crippen molar-refractivity contribution >= 4 is 27.3 Å². The molecule has 0 amide bonds. The van der Waals surface area contributed by atoms with E-state index in [0.29, 0.717) is 23.4 Å². The highest BCUT2D eigenvalue weighted by molar-refractivity contribution is 8.45. The molecular formula is C13H12F5N3O2S. The maximum Gasteiger partial charge on any atom is 0.310 e. The SMILES string of the molecule is Nc1ccc(NCc2ccc(S(F)(F)(F)(F)F)cc2)cc1[N+](=O)[O-]. The summed E-state index contributed by atoms with van der Waals surface area (Å²) in [6, 6.07) is 6.35. The van der Waals surface area contributed by atoms with Gasteiger partial charge in [-0.2, -0.15) is 0 Å². The van der Waals surface area contributed by atoms with Crippen LogP contribution in [0.4, 0.5) is 36.5 Å². The zero-order chi connectivity index (χ0) is 18.2. The van der Waals surface area contributed by atoms with E-state index < -0.39 is 20.0 Å². The Morgan fingerprint density at radius 2 is 1.62 bits per heavy atom. The number of nitrogens with zero attached hydrogens (tertiary/aromatic N) is 1. The summed E-state index contributed by atoms with van der Waals surface area (Å²) in [6.07, 6.45) is 0. The highest BCUT2D eigenvalue weighted by Crippen LogP contribution is 3.02. The van der Waals surface area contributed by atoms with Crippen molar-refractivity contribution in [3.05, 3.63) is 58.1 Å². The Morgan fingerprint density at radius 1 is 1.04 bits per heavy atom. The number of hydrogen-bond donors (Lipinski definition) is 2. The van der Waals surface area contributed by atoms with E-state index in [1.165, 1.54) is 18.2 Å². The number of nitrogens with one attached hydrogen (secondary N) is 1. The summed E-state index contributed by atoms with van der Waals surface area (Å²) in [7, 11) is -9.68. The fraction of sp³-hybridized carbons (Fsp3) is 0.0769. The predicted octanol–water partition coefficient (Wildman–Crippen LogP) is 5.45. The number of nitro groups is 1. The zero-order valence-corrected chi connectivity index (χ0v) is 12.7. The molecule has 0 radical (unpaired) electrons. The molecule has 0 saturated carbocycles. The van der Waals surface area contributed by atoms with Crippen molar-refractivity contribution in [1.82, 2.24) is 0 Å². The monoisotopic (exact) mass is 369 g/mol. The minimum Gasteiger partial charge on any atom is -0.393 e. The Labute approximate surface area is 133 Å². The smallest absolute Gasteiger partial charge is 0.310 e. The number of nitro benzene ring substituents is 1. The summed E-state index contributed by atoms with van der Waals surface area (Å²) >= 11 is 0. The molecular weight excluding hydrogens is 357 g/mol. The van der Waals surface area contributed by atoms with E-state index in [9.17, 15) is 29.5 Å². The second kappa shape index (κ2) is 4.97. The zero-order valence-electron chi connectivity index (χ0n) is 11.9. The minimum absolute atomic E-state index is 0.0122. The molecule has 0 atom stereocenters. The van der Waals surface area contributed by atoms with Crippen LogP contribution in [0.1, 0.15) is 5.56 Å². The minimum atomic E-state index is -9.68. The number of benzene rings is 2. The fourth-order valence-electron chi connectivity index (χ4n) is 1.88. The summed E-state index contributed by atoms with van der Waals surface area (Å²) < 4.78 is 63.0. The van der Waals surface area contributed by atoms with Crippen LogP contribution in [-0.4, -0.2) is 4.92 Å². The third-order valence-electron chi connectivity index (χ3n) is 3.09. The first-order valence-electron chi connectivity index (χ1n) is 6.37. The van der Waals surface area contributed by atoms with Gasteiger partial charge in [0.05, 0.1) is 4.92 Å². The van der Waals surface area contributed by atoms with Crippen molar-refractivity contribution in [3.63, 3.8) is 0 Å². The Kier molecular flexibility index (Phi) is 3.68. The van der Waals surface area contributed by atoms with Crippen LogP contribution in [0.15, 0.2) is 47.4 Å². The molecule has 132 valence electrons. The van der Waals surface area contributed by atoms with Crippen LogP contribution < -0.4 is 11.1 Å². The van der Waals surface area contributed by atoms with Crippen LogP contribution in [0, 0.1) is 10.1 Å². The third-order valence-corrected chi connectivity index (χ3v) is 4.26. The molecule has 2 aromatic rings. The van der Waals surface area contributed by atoms with Gasteiger partial charge in [-0.25, -0.2) is 0 Å². The molecule has 0 heterocycles. The van der Waals surface area contributed by atoms with E-state index in [4.69, 9.17) is 5.73 Å². The van der Waals surface area contributed by atoms with Gasteiger partial charge in [-0.3, -0.25) is 10.1 Å². The van der Waals surface area contributed by atoms with E-state index in [0.717, 1.165) is 12.1 Å². The van der Waals surface area contributed by atoms with Gasteiger partial charge >= 0.3 is 10.2 Å². The highest BCUT2D eigenvalue weighted by atomic mass is 32.5. The quantitative estimate of drug-likeness (QED) is 0.318. The van der Waals surface area contributed by atoms with Crippen LogP contribution in [-0.2, 0) is 6.54 Å². The topological polar surface area (TPSA) is 81.2 Å². The van der Waals surface area contributed by atoms with Crippen molar-refractivity contribution in [1.29, 1.82) is 0 Å². The molecule has 2 rings (SSSR count). The Hall–Kier alpha value is -2.56. The number of nitrogens with two attached hydrogens (primary N) is 1. The van der Waals surface area contributed by atoms with Gasteiger partial charge in [0.25, 0.3) is 5.69 Å². The number of nitrogen functional groups attached to an aromatic ring is 1. The molecule has 0 unspecified atom stereocenters. The van der Waals surface area contributed by atoms with Gasteiger partial charge in [0.15, 0.2) is 0 Å². The molecule has 0 aliphatic heterocycles. The van der Waals surface area contributed by atoms with Crippen molar-refractivity contribution in [2.45, 2.75) is 11.4 Å². The van der Waals surface area contributed by atoms with Crippen molar-refractivity contribution in [2.24, 2.45) is 0 Å². The molecule has 0 fully saturated rings. The number of rotatable bonds is 5. The van der Waals surface area contributed by atoms with E-state index in [2.05, 4.69) is 5.32 Å². The van der Waals surface area contributed by atoms with Crippen LogP contribution >= 0.6 is 10.2 Å². The van der Waals surface area contributed by atoms with Crippen molar-refractivity contribution in [2.75, 3.05) is 11.1 Å². The van der Waals surface area contributed by atoms with Gasteiger partial charge < -0.3 is 11.1 Å². The molecule has 0 aliphatic rings. The van der Waals surface area contributed by atoms with Crippen molar-refractivity contribution in [3.8, 4) is 0 Å². The average molecular weight is 369 g/mol. The highest BCUT2D eigenvalue weighted by Gasteiger charge is 2.65. The van der Waals surface area contributed by atoms with Crippen LogP contribution in [0.25, 0.3) is 0 Å². The third kappa shape index (κ3) is 4.25. The van der Waals surface area contributed by atoms with Crippen LogP contribution in [0.2, 0.25) is 0 Å². The fourth-order valence-corrected chi connectivity index (χ4v) is 2.53. The number of hydrogen-bond acceptors (Lipinski definition) is 4. The predicted molar refractivity (Wildman–Crippen MR) is 82.7 cm³/mol. The van der Waals surface area contributed by atoms with Crippen LogP contribution in [0.3, 0.4) is 0 Å². The number of anilines is 2. The van der Waals surface area contributed by atoms with Gasteiger partial charge in [0.2, 0.25) is 0 Å². The first kappa shape index (κ1) is 17.8. The van der Waals surface area contributed by atoms with Gasteiger partial charge in [-0.1, -0.05) is 31.6 Å². The maximum absolute atomic E-state index is 12.6. The molecule has 0 aromatic heterocycles. The molecule has 0 bridgehead atoms. The molecule has 3 N–H and O–H groups in total. The normalized spacial score (nSPS) is 14.5. The summed E-state index contributed by atoms with van der Waals surface area (Å²) in [5.74, 6) is 0. The Balaban J connectivity index is 2.14. The molecule has 0 spiro atoms. The lowest BCUT2D eigenvalue weighted by molar-refractivity contribution is -0.383. The number of halogens is 5. The van der Waals surface area contributed by atoms with E-state index in [-0.39, 0.29) is 17.9 Å². The lowest BCUT2D eigenvalue weighted by atomic mass is 10.2.